The summed E-state index contributed by atoms with van der Waals surface area (Å²) in [5.74, 6) is 0.573. The van der Waals surface area contributed by atoms with E-state index in [2.05, 4.69) is 45.7 Å². The predicted octanol–water partition coefficient (Wildman–Crippen LogP) is 5.59. The normalized spacial score (nSPS) is 28.2. The third kappa shape index (κ3) is 7.91. The van der Waals surface area contributed by atoms with Crippen LogP contribution in [-0.2, 0) is 36.1 Å². The van der Waals surface area contributed by atoms with Crippen LogP contribution in [0.4, 0.5) is 5.69 Å². The predicted molar refractivity (Wildman–Crippen MR) is 214 cm³/mol. The number of anilines is 1. The van der Waals surface area contributed by atoms with Gasteiger partial charge in [-0.1, -0.05) is 36.7 Å². The van der Waals surface area contributed by atoms with E-state index >= 15 is 0 Å². The van der Waals surface area contributed by atoms with Crippen LogP contribution in [0.3, 0.4) is 0 Å². The molecule has 2 saturated heterocycles. The Bertz CT molecular complexity index is 1910. The van der Waals surface area contributed by atoms with Crippen molar-refractivity contribution in [1.29, 1.82) is 0 Å². The first-order chi connectivity index (χ1) is 26.3. The van der Waals surface area contributed by atoms with Gasteiger partial charge >= 0.3 is 0 Å². The standard InChI is InChI=1S/C42H57ClN4O7S/c1-6-7-17-42(52-5,26-45-18-19-47-34(23-45)24-53-29(4)40(47)49)36-13-10-32(36)22-46-25-41(16-8-9-30-20-33(43)12-14-35(30)41)27-54-38-15-11-31(21-37(38)46)39(48)44-55(50,51)28(2)3/h7,11-12,14-15,17,20-21,28-29,32,34,36H,6,8-10,13,16,18-19,22-27H2,1-5H3,(H,44,48)/b17-7+/t29-,32-,34-,36+,41-,42+/m0/s1. The van der Waals surface area contributed by atoms with E-state index in [-0.39, 0.29) is 34.8 Å². The number of nitrogens with zero attached hydrogens (tertiary/aromatic N) is 3. The Hall–Kier alpha value is -3.16. The molecule has 0 aromatic heterocycles. The molecule has 3 heterocycles. The molecule has 2 aliphatic carbocycles. The maximum absolute atomic E-state index is 13.4. The Morgan fingerprint density at radius 1 is 1.18 bits per heavy atom. The molecule has 3 fully saturated rings. The van der Waals surface area contributed by atoms with Gasteiger partial charge in [-0.05, 0) is 113 Å². The third-order valence-electron chi connectivity index (χ3n) is 12.9. The van der Waals surface area contributed by atoms with Crippen molar-refractivity contribution < 1.29 is 32.2 Å². The fourth-order valence-corrected chi connectivity index (χ4v) is 10.4. The first kappa shape index (κ1) is 40.1. The molecule has 3 aliphatic heterocycles. The van der Waals surface area contributed by atoms with Gasteiger partial charge in [-0.2, -0.15) is 0 Å². The first-order valence-corrected chi connectivity index (χ1v) is 21.9. The molecule has 0 unspecified atom stereocenters. The molecular weight excluding hydrogens is 740 g/mol. The second-order valence-electron chi connectivity index (χ2n) is 16.6. The quantitative estimate of drug-likeness (QED) is 0.291. The fourth-order valence-electron chi connectivity index (χ4n) is 9.58. The van der Waals surface area contributed by atoms with Crippen LogP contribution in [0.15, 0.2) is 48.6 Å². The first-order valence-electron chi connectivity index (χ1n) is 20.0. The molecule has 2 aromatic rings. The number of hydrogen-bond acceptors (Lipinski definition) is 9. The molecule has 1 spiro atoms. The van der Waals surface area contributed by atoms with Crippen molar-refractivity contribution >= 4 is 39.1 Å². The molecule has 13 heteroatoms. The topological polar surface area (TPSA) is 118 Å². The highest BCUT2D eigenvalue weighted by molar-refractivity contribution is 7.90. The van der Waals surface area contributed by atoms with E-state index in [1.807, 2.05) is 31.1 Å². The summed E-state index contributed by atoms with van der Waals surface area (Å²) in [7, 11) is -2.00. The highest BCUT2D eigenvalue weighted by Crippen LogP contribution is 2.49. The van der Waals surface area contributed by atoms with Crippen molar-refractivity contribution in [2.24, 2.45) is 11.8 Å². The molecule has 7 rings (SSSR count). The van der Waals surface area contributed by atoms with Gasteiger partial charge < -0.3 is 24.0 Å². The zero-order chi connectivity index (χ0) is 39.1. The Morgan fingerprint density at radius 2 is 2.00 bits per heavy atom. The minimum absolute atomic E-state index is 0.0271. The van der Waals surface area contributed by atoms with Crippen LogP contribution in [0.5, 0.6) is 5.75 Å². The number of carbonyl (C=O) groups is 2. The van der Waals surface area contributed by atoms with E-state index in [1.54, 1.807) is 26.0 Å². The van der Waals surface area contributed by atoms with E-state index in [0.717, 1.165) is 62.3 Å². The summed E-state index contributed by atoms with van der Waals surface area (Å²) in [6.45, 7) is 12.4. The lowest BCUT2D eigenvalue weighted by Gasteiger charge is -2.53. The van der Waals surface area contributed by atoms with Gasteiger partial charge in [0.1, 0.15) is 17.5 Å². The lowest BCUT2D eigenvalue weighted by atomic mass is 9.63. The number of aryl methyl sites for hydroxylation is 1. The molecule has 6 atom stereocenters. The number of allylic oxidation sites excluding steroid dienone is 1. The molecule has 1 saturated carbocycles. The zero-order valence-electron chi connectivity index (χ0n) is 32.9. The van der Waals surface area contributed by atoms with Crippen LogP contribution in [0.1, 0.15) is 81.3 Å². The Morgan fingerprint density at radius 3 is 2.73 bits per heavy atom. The minimum Gasteiger partial charge on any atom is -0.490 e. The van der Waals surface area contributed by atoms with Gasteiger partial charge in [-0.3, -0.25) is 14.5 Å². The average molecular weight is 797 g/mol. The number of piperazine rings is 1. The van der Waals surface area contributed by atoms with E-state index in [9.17, 15) is 18.0 Å². The average Bonchev–Trinajstić information content (AvgIpc) is 3.30. The Kier molecular flexibility index (Phi) is 11.7. The summed E-state index contributed by atoms with van der Waals surface area (Å²) in [5, 5.41) is -0.0225. The summed E-state index contributed by atoms with van der Waals surface area (Å²) in [6.07, 6.45) is 9.92. The van der Waals surface area contributed by atoms with Gasteiger partial charge in [-0.25, -0.2) is 13.1 Å². The number of fused-ring (bicyclic) bond motifs is 4. The molecule has 0 radical (unpaired) electrons. The van der Waals surface area contributed by atoms with Crippen molar-refractivity contribution in [3.63, 3.8) is 0 Å². The summed E-state index contributed by atoms with van der Waals surface area (Å²) in [5.41, 5.74) is 2.70. The number of benzene rings is 2. The van der Waals surface area contributed by atoms with Gasteiger partial charge in [0.05, 0.1) is 30.2 Å². The fraction of sp³-hybridized carbons (Fsp3) is 0.619. The number of sulfonamides is 1. The van der Waals surface area contributed by atoms with Crippen LogP contribution in [-0.4, -0.2) is 113 Å². The van der Waals surface area contributed by atoms with Crippen molar-refractivity contribution in [1.82, 2.24) is 14.5 Å². The number of ether oxygens (including phenoxy) is 3. The van der Waals surface area contributed by atoms with Crippen LogP contribution in [0.2, 0.25) is 5.02 Å². The number of carbonyl (C=O) groups excluding carboxylic acids is 2. The number of methoxy groups -OCH3 is 1. The number of amides is 2. The van der Waals surface area contributed by atoms with E-state index in [1.165, 1.54) is 11.1 Å². The summed E-state index contributed by atoms with van der Waals surface area (Å²) in [4.78, 5) is 33.1. The molecule has 5 aliphatic rings. The number of halogens is 1. The van der Waals surface area contributed by atoms with Gasteiger partial charge in [0.25, 0.3) is 11.8 Å². The van der Waals surface area contributed by atoms with Crippen LogP contribution >= 0.6 is 11.6 Å². The Labute approximate surface area is 331 Å². The summed E-state index contributed by atoms with van der Waals surface area (Å²) >= 11 is 6.50. The lowest BCUT2D eigenvalue weighted by molar-refractivity contribution is -0.164. The number of morpholine rings is 1. The molecular formula is C42H57ClN4O7S. The van der Waals surface area contributed by atoms with Gasteiger partial charge in [-0.15, -0.1) is 0 Å². The minimum atomic E-state index is -3.82. The maximum atomic E-state index is 13.4. The number of hydrogen-bond donors (Lipinski definition) is 1. The third-order valence-corrected chi connectivity index (χ3v) is 14.8. The molecule has 55 heavy (non-hydrogen) atoms. The van der Waals surface area contributed by atoms with Crippen molar-refractivity contribution in [3.8, 4) is 5.75 Å². The monoisotopic (exact) mass is 796 g/mol. The highest BCUT2D eigenvalue weighted by atomic mass is 35.5. The van der Waals surface area contributed by atoms with Gasteiger partial charge in [0, 0.05) is 62.4 Å². The van der Waals surface area contributed by atoms with E-state index in [4.69, 9.17) is 25.8 Å². The lowest BCUT2D eigenvalue weighted by Crippen LogP contribution is -2.65. The van der Waals surface area contributed by atoms with Crippen molar-refractivity contribution in [3.05, 3.63) is 70.3 Å². The highest BCUT2D eigenvalue weighted by Gasteiger charge is 2.50. The summed E-state index contributed by atoms with van der Waals surface area (Å²) in [6, 6.07) is 11.5. The van der Waals surface area contributed by atoms with Gasteiger partial charge in [0.2, 0.25) is 10.0 Å². The van der Waals surface area contributed by atoms with E-state index in [0.29, 0.717) is 45.1 Å². The number of rotatable bonds is 11. The smallest absolute Gasteiger partial charge is 0.264 e. The maximum Gasteiger partial charge on any atom is 0.264 e. The second-order valence-corrected chi connectivity index (χ2v) is 19.3. The van der Waals surface area contributed by atoms with Gasteiger partial charge in [0.15, 0.2) is 0 Å². The zero-order valence-corrected chi connectivity index (χ0v) is 34.5. The van der Waals surface area contributed by atoms with Crippen molar-refractivity contribution in [2.75, 3.05) is 64.5 Å². The molecule has 0 bridgehead atoms. The Balaban J connectivity index is 1.20. The van der Waals surface area contributed by atoms with Crippen molar-refractivity contribution in [2.45, 2.75) is 94.6 Å². The van der Waals surface area contributed by atoms with E-state index < -0.39 is 32.9 Å². The molecule has 300 valence electrons. The van der Waals surface area contributed by atoms with Crippen LogP contribution in [0, 0.1) is 11.8 Å². The molecule has 2 aromatic carbocycles. The molecule has 2 amide bonds. The second kappa shape index (κ2) is 16.0. The largest absolute Gasteiger partial charge is 0.490 e. The van der Waals surface area contributed by atoms with Crippen LogP contribution in [0.25, 0.3) is 0 Å². The summed E-state index contributed by atoms with van der Waals surface area (Å²) < 4.78 is 46.8. The van der Waals surface area contributed by atoms with Crippen LogP contribution < -0.4 is 14.4 Å². The number of nitrogens with one attached hydrogen (secondary N) is 1. The molecule has 11 nitrogen and oxygen atoms in total. The SMILES string of the molecule is CC/C=C/[C@](CN1CCN2C(=O)[C@H](C)OC[C@@H]2C1)(OC)[C@@H]1CC[C@H]1CN1C[C@@]2(CCCc3cc(Cl)ccc32)COc2ccc(C(=O)NS(=O)(=O)C(C)C)cc21. The molecule has 1 N–H and O–H groups in total.